The van der Waals surface area contributed by atoms with Gasteiger partial charge in [0.2, 0.25) is 0 Å². The van der Waals surface area contributed by atoms with Gasteiger partial charge in [0.1, 0.15) is 0 Å². The van der Waals surface area contributed by atoms with E-state index in [4.69, 9.17) is 5.73 Å². The molecule has 1 atom stereocenters. The maximum absolute atomic E-state index is 6.04. The van der Waals surface area contributed by atoms with Crippen LogP contribution in [0, 0.1) is 6.92 Å². The zero-order chi connectivity index (χ0) is 10.6. The Morgan fingerprint density at radius 3 is 2.86 bits per heavy atom. The Kier molecular flexibility index (Phi) is 3.84. The quantitative estimate of drug-likeness (QED) is 0.741. The van der Waals surface area contributed by atoms with Gasteiger partial charge in [-0.25, -0.2) is 0 Å². The molecule has 2 heteroatoms. The average molecular weight is 190 g/mol. The number of nitrogens with zero attached hydrogens (tertiary/aromatic N) is 1. The highest BCUT2D eigenvalue weighted by Gasteiger charge is 2.07. The van der Waals surface area contributed by atoms with Crippen molar-refractivity contribution in [2.75, 3.05) is 0 Å². The molecule has 14 heavy (non-hydrogen) atoms. The number of aromatic nitrogens is 1. The van der Waals surface area contributed by atoms with Crippen molar-refractivity contribution in [3.05, 3.63) is 41.7 Å². The van der Waals surface area contributed by atoms with Crippen LogP contribution in [-0.4, -0.2) is 4.98 Å². The zero-order valence-corrected chi connectivity index (χ0v) is 8.96. The van der Waals surface area contributed by atoms with Crippen LogP contribution in [0.25, 0.3) is 0 Å². The molecule has 0 fully saturated rings. The molecule has 0 bridgehead atoms. The van der Waals surface area contributed by atoms with Crippen molar-refractivity contribution in [3.8, 4) is 0 Å². The third-order valence-electron chi connectivity index (χ3n) is 2.33. The number of rotatable bonds is 4. The first-order chi connectivity index (χ1) is 6.63. The van der Waals surface area contributed by atoms with Crippen molar-refractivity contribution in [3.63, 3.8) is 0 Å². The molecule has 0 amide bonds. The molecular weight excluding hydrogens is 172 g/mol. The van der Waals surface area contributed by atoms with Gasteiger partial charge in [-0.2, -0.15) is 0 Å². The summed E-state index contributed by atoms with van der Waals surface area (Å²) in [6, 6.07) is 2.12. The van der Waals surface area contributed by atoms with Crippen LogP contribution in [0.3, 0.4) is 0 Å². The molecule has 1 aromatic heterocycles. The minimum absolute atomic E-state index is 0.0369. The first-order valence-electron chi connectivity index (χ1n) is 4.97. The van der Waals surface area contributed by atoms with Gasteiger partial charge in [0.25, 0.3) is 0 Å². The van der Waals surface area contributed by atoms with Crippen molar-refractivity contribution >= 4 is 0 Å². The molecule has 2 N–H and O–H groups in total. The molecule has 1 rings (SSSR count). The van der Waals surface area contributed by atoms with E-state index in [0.29, 0.717) is 0 Å². The van der Waals surface area contributed by atoms with Gasteiger partial charge in [-0.05, 0) is 30.9 Å². The lowest BCUT2D eigenvalue weighted by molar-refractivity contribution is 0.697. The molecule has 76 valence electrons. The van der Waals surface area contributed by atoms with Gasteiger partial charge < -0.3 is 5.73 Å². The molecule has 0 aliphatic carbocycles. The van der Waals surface area contributed by atoms with Gasteiger partial charge in [-0.3, -0.25) is 4.98 Å². The first kappa shape index (κ1) is 10.9. The van der Waals surface area contributed by atoms with E-state index in [1.807, 2.05) is 19.3 Å². The minimum Gasteiger partial charge on any atom is -0.324 e. The second-order valence-corrected chi connectivity index (χ2v) is 3.71. The maximum atomic E-state index is 6.04. The molecule has 0 radical (unpaired) electrons. The molecule has 0 saturated carbocycles. The predicted molar refractivity (Wildman–Crippen MR) is 60.0 cm³/mol. The van der Waals surface area contributed by atoms with E-state index < -0.39 is 0 Å². The SMILES string of the molecule is C=C(CC)CC(N)c1cncc(C)c1. The monoisotopic (exact) mass is 190 g/mol. The van der Waals surface area contributed by atoms with Crippen LogP contribution in [0.1, 0.15) is 36.9 Å². The van der Waals surface area contributed by atoms with Crippen LogP contribution in [-0.2, 0) is 0 Å². The normalized spacial score (nSPS) is 12.5. The fraction of sp³-hybridized carbons (Fsp3) is 0.417. The first-order valence-corrected chi connectivity index (χ1v) is 4.97. The van der Waals surface area contributed by atoms with Crippen molar-refractivity contribution in [1.82, 2.24) is 4.98 Å². The molecule has 0 aliphatic rings. The van der Waals surface area contributed by atoms with E-state index >= 15 is 0 Å². The highest BCUT2D eigenvalue weighted by Crippen LogP contribution is 2.19. The number of pyridine rings is 1. The summed E-state index contributed by atoms with van der Waals surface area (Å²) in [5.74, 6) is 0. The molecule has 0 saturated heterocycles. The van der Waals surface area contributed by atoms with E-state index in [0.717, 1.165) is 24.0 Å². The number of nitrogens with two attached hydrogens (primary N) is 1. The molecule has 1 unspecified atom stereocenters. The Morgan fingerprint density at radius 1 is 1.57 bits per heavy atom. The van der Waals surface area contributed by atoms with E-state index in [1.165, 1.54) is 5.57 Å². The van der Waals surface area contributed by atoms with Crippen molar-refractivity contribution < 1.29 is 0 Å². The standard InChI is InChI=1S/C12H18N2/c1-4-9(2)6-12(13)11-5-10(3)7-14-8-11/h5,7-8,12H,2,4,6,13H2,1,3H3. The minimum atomic E-state index is 0.0369. The van der Waals surface area contributed by atoms with Gasteiger partial charge in [-0.1, -0.05) is 25.1 Å². The van der Waals surface area contributed by atoms with E-state index in [1.54, 1.807) is 0 Å². The Hall–Kier alpha value is -1.15. The summed E-state index contributed by atoms with van der Waals surface area (Å²) in [4.78, 5) is 4.13. The smallest absolute Gasteiger partial charge is 0.0347 e. The highest BCUT2D eigenvalue weighted by molar-refractivity contribution is 5.21. The fourth-order valence-electron chi connectivity index (χ4n) is 1.35. The van der Waals surface area contributed by atoms with E-state index in [2.05, 4.69) is 24.6 Å². The molecule has 0 aliphatic heterocycles. The molecule has 0 spiro atoms. The van der Waals surface area contributed by atoms with E-state index in [9.17, 15) is 0 Å². The Bertz CT molecular complexity index is 318. The number of hydrogen-bond donors (Lipinski definition) is 1. The zero-order valence-electron chi connectivity index (χ0n) is 8.96. The predicted octanol–water partition coefficient (Wildman–Crippen LogP) is 2.75. The lowest BCUT2D eigenvalue weighted by atomic mass is 10.00. The van der Waals surface area contributed by atoms with Crippen LogP contribution in [0.4, 0.5) is 0 Å². The molecular formula is C12H18N2. The van der Waals surface area contributed by atoms with Crippen molar-refractivity contribution in [2.45, 2.75) is 32.7 Å². The summed E-state index contributed by atoms with van der Waals surface area (Å²) in [6.45, 7) is 8.09. The van der Waals surface area contributed by atoms with Gasteiger partial charge in [-0.15, -0.1) is 0 Å². The van der Waals surface area contributed by atoms with E-state index in [-0.39, 0.29) is 6.04 Å². The van der Waals surface area contributed by atoms with Gasteiger partial charge in [0.15, 0.2) is 0 Å². The third kappa shape index (κ3) is 2.96. The lowest BCUT2D eigenvalue weighted by Gasteiger charge is -2.12. The van der Waals surface area contributed by atoms with Crippen LogP contribution in [0.2, 0.25) is 0 Å². The van der Waals surface area contributed by atoms with Crippen LogP contribution < -0.4 is 5.73 Å². The van der Waals surface area contributed by atoms with Crippen LogP contribution in [0.15, 0.2) is 30.6 Å². The van der Waals surface area contributed by atoms with Gasteiger partial charge >= 0.3 is 0 Å². The highest BCUT2D eigenvalue weighted by atomic mass is 14.7. The molecule has 1 aromatic rings. The Morgan fingerprint density at radius 2 is 2.29 bits per heavy atom. The summed E-state index contributed by atoms with van der Waals surface area (Å²) in [5, 5.41) is 0. The average Bonchev–Trinajstić information content (AvgIpc) is 2.17. The topological polar surface area (TPSA) is 38.9 Å². The maximum Gasteiger partial charge on any atom is 0.0347 e. The summed E-state index contributed by atoms with van der Waals surface area (Å²) in [5.41, 5.74) is 9.48. The van der Waals surface area contributed by atoms with Crippen LogP contribution in [0.5, 0.6) is 0 Å². The third-order valence-corrected chi connectivity index (χ3v) is 2.33. The second-order valence-electron chi connectivity index (χ2n) is 3.71. The summed E-state index contributed by atoms with van der Waals surface area (Å²) in [6.07, 6.45) is 5.51. The largest absolute Gasteiger partial charge is 0.324 e. The summed E-state index contributed by atoms with van der Waals surface area (Å²) in [7, 11) is 0. The van der Waals surface area contributed by atoms with Gasteiger partial charge in [0.05, 0.1) is 0 Å². The second kappa shape index (κ2) is 4.91. The molecule has 2 nitrogen and oxygen atoms in total. The Balaban J connectivity index is 2.69. The van der Waals surface area contributed by atoms with Gasteiger partial charge in [0, 0.05) is 18.4 Å². The molecule has 1 heterocycles. The number of aryl methyl sites for hydroxylation is 1. The number of hydrogen-bond acceptors (Lipinski definition) is 2. The van der Waals surface area contributed by atoms with Crippen LogP contribution >= 0.6 is 0 Å². The fourth-order valence-corrected chi connectivity index (χ4v) is 1.35. The summed E-state index contributed by atoms with van der Waals surface area (Å²) >= 11 is 0. The summed E-state index contributed by atoms with van der Waals surface area (Å²) < 4.78 is 0. The van der Waals surface area contributed by atoms with Crippen molar-refractivity contribution in [2.24, 2.45) is 5.73 Å². The molecule has 0 aromatic carbocycles. The Labute approximate surface area is 85.9 Å². The lowest BCUT2D eigenvalue weighted by Crippen LogP contribution is -2.11. The van der Waals surface area contributed by atoms with Crippen molar-refractivity contribution in [1.29, 1.82) is 0 Å².